The van der Waals surface area contributed by atoms with Gasteiger partial charge in [0.1, 0.15) is 11.6 Å². The van der Waals surface area contributed by atoms with Gasteiger partial charge in [-0.1, -0.05) is 58.4 Å². The molecule has 3 nitrogen and oxygen atoms in total. The van der Waals surface area contributed by atoms with Crippen LogP contribution in [0, 0.1) is 11.6 Å². The molecule has 4 rings (SSSR count). The second-order valence-electron chi connectivity index (χ2n) is 9.21. The van der Waals surface area contributed by atoms with Gasteiger partial charge in [-0.15, -0.1) is 0 Å². The van der Waals surface area contributed by atoms with Crippen LogP contribution in [0.25, 0.3) is 0 Å². The summed E-state index contributed by atoms with van der Waals surface area (Å²) in [5.74, 6) is -1.12. The van der Waals surface area contributed by atoms with Crippen LogP contribution in [0.5, 0.6) is 0 Å². The Labute approximate surface area is 204 Å². The minimum Gasteiger partial charge on any atom is -0.399 e. The highest BCUT2D eigenvalue weighted by atomic mass is 79.9. The molecule has 1 saturated heterocycles. The summed E-state index contributed by atoms with van der Waals surface area (Å²) in [6, 6.07) is 11.8. The molecule has 0 radical (unpaired) electrons. The molecule has 0 aliphatic carbocycles. The van der Waals surface area contributed by atoms with Crippen LogP contribution in [0.4, 0.5) is 8.78 Å². The Morgan fingerprint density at radius 1 is 1.03 bits per heavy atom. The van der Waals surface area contributed by atoms with E-state index in [4.69, 9.17) is 9.31 Å². The number of nitrogens with zero attached hydrogens (tertiary/aromatic N) is 1. The van der Waals surface area contributed by atoms with E-state index < -0.39 is 18.8 Å². The molecule has 0 N–H and O–H groups in total. The molecule has 33 heavy (non-hydrogen) atoms. The Balaban J connectivity index is 0.000000555. The normalized spacial score (nSPS) is 21.2. The van der Waals surface area contributed by atoms with E-state index in [1.807, 2.05) is 71.0 Å². The lowest BCUT2D eigenvalue weighted by Crippen LogP contribution is -2.41. The van der Waals surface area contributed by atoms with Crippen molar-refractivity contribution in [2.75, 3.05) is 5.33 Å². The van der Waals surface area contributed by atoms with Crippen molar-refractivity contribution in [3.8, 4) is 0 Å². The first kappa shape index (κ1) is 25.8. The second kappa shape index (κ2) is 10.6. The number of alkyl halides is 1. The first-order valence-corrected chi connectivity index (χ1v) is 12.4. The Hall–Kier alpha value is -1.83. The Bertz CT molecular complexity index is 985. The zero-order valence-electron chi connectivity index (χ0n) is 19.9. The molecule has 7 heteroatoms. The number of hydrogen-bond donors (Lipinski definition) is 0. The zero-order valence-corrected chi connectivity index (χ0v) is 21.5. The topological polar surface area (TPSA) is 30.8 Å². The lowest BCUT2D eigenvalue weighted by Gasteiger charge is -2.32. The summed E-state index contributed by atoms with van der Waals surface area (Å²) in [6.45, 7) is 10.1. The number of rotatable bonds is 4. The van der Waals surface area contributed by atoms with Crippen LogP contribution < -0.4 is 5.46 Å². The quantitative estimate of drug-likeness (QED) is 0.261. The van der Waals surface area contributed by atoms with E-state index in [1.54, 1.807) is 0 Å². The summed E-state index contributed by atoms with van der Waals surface area (Å²) in [7, 11) is -0.408. The molecule has 176 valence electrons. The molecule has 2 aliphatic rings. The molecular weight excluding hydrogens is 487 g/mol. The van der Waals surface area contributed by atoms with Crippen molar-refractivity contribution < 1.29 is 18.1 Å². The van der Waals surface area contributed by atoms with Gasteiger partial charge in [0.15, 0.2) is 0 Å². The molecule has 2 aliphatic heterocycles. The van der Waals surface area contributed by atoms with Gasteiger partial charge in [-0.2, -0.15) is 0 Å². The summed E-state index contributed by atoms with van der Waals surface area (Å²) in [5.41, 5.74) is 1.70. The van der Waals surface area contributed by atoms with Gasteiger partial charge < -0.3 is 9.31 Å². The number of aliphatic imine (C=N–C) groups is 1. The summed E-state index contributed by atoms with van der Waals surface area (Å²) < 4.78 is 40.2. The number of halogens is 3. The van der Waals surface area contributed by atoms with Gasteiger partial charge >= 0.3 is 7.12 Å². The van der Waals surface area contributed by atoms with E-state index in [0.717, 1.165) is 22.8 Å². The first-order chi connectivity index (χ1) is 15.6. The molecule has 0 saturated carbocycles. The third-order valence-electron chi connectivity index (χ3n) is 6.39. The van der Waals surface area contributed by atoms with Gasteiger partial charge in [0, 0.05) is 11.0 Å². The molecule has 1 unspecified atom stereocenters. The molecule has 1 atom stereocenters. The largest absolute Gasteiger partial charge is 0.494 e. The van der Waals surface area contributed by atoms with E-state index in [2.05, 4.69) is 20.9 Å². The lowest BCUT2D eigenvalue weighted by molar-refractivity contribution is 0.00578. The highest BCUT2D eigenvalue weighted by Gasteiger charge is 2.51. The maximum absolute atomic E-state index is 14.0. The highest BCUT2D eigenvalue weighted by Crippen LogP contribution is 2.37. The van der Waals surface area contributed by atoms with Crippen molar-refractivity contribution in [1.29, 1.82) is 0 Å². The summed E-state index contributed by atoms with van der Waals surface area (Å²) in [4.78, 5) is 4.60. The van der Waals surface area contributed by atoms with Crippen LogP contribution in [-0.4, -0.2) is 29.4 Å². The van der Waals surface area contributed by atoms with Crippen molar-refractivity contribution in [2.24, 2.45) is 4.99 Å². The van der Waals surface area contributed by atoms with Gasteiger partial charge in [-0.3, -0.25) is 4.99 Å². The van der Waals surface area contributed by atoms with Gasteiger partial charge in [0.25, 0.3) is 0 Å². The van der Waals surface area contributed by atoms with E-state index in [1.165, 1.54) is 18.2 Å². The molecule has 0 bridgehead atoms. The van der Waals surface area contributed by atoms with Gasteiger partial charge in [0.05, 0.1) is 22.8 Å². The fourth-order valence-corrected chi connectivity index (χ4v) is 4.11. The van der Waals surface area contributed by atoms with Crippen LogP contribution >= 0.6 is 15.9 Å². The van der Waals surface area contributed by atoms with Crippen molar-refractivity contribution in [1.82, 2.24) is 0 Å². The van der Waals surface area contributed by atoms with Crippen molar-refractivity contribution >= 4 is 34.2 Å². The van der Waals surface area contributed by atoms with Crippen LogP contribution in [0.2, 0.25) is 0 Å². The average molecular weight is 518 g/mol. The summed E-state index contributed by atoms with van der Waals surface area (Å²) in [6.07, 6.45) is 5.34. The molecule has 0 aromatic heterocycles. The summed E-state index contributed by atoms with van der Waals surface area (Å²) >= 11 is 3.22. The minimum atomic E-state index is -0.560. The van der Waals surface area contributed by atoms with E-state index in [-0.39, 0.29) is 22.8 Å². The molecule has 2 heterocycles. The highest BCUT2D eigenvalue weighted by molar-refractivity contribution is 9.09. The predicted molar refractivity (Wildman–Crippen MR) is 136 cm³/mol. The maximum atomic E-state index is 14.0. The second-order valence-corrected chi connectivity index (χ2v) is 9.85. The predicted octanol–water partition coefficient (Wildman–Crippen LogP) is 6.55. The van der Waals surface area contributed by atoms with Crippen molar-refractivity contribution in [3.63, 3.8) is 0 Å². The Kier molecular flexibility index (Phi) is 8.30. The monoisotopic (exact) mass is 517 g/mol. The van der Waals surface area contributed by atoms with Gasteiger partial charge in [-0.05, 0) is 70.6 Å². The maximum Gasteiger partial charge on any atom is 0.494 e. The van der Waals surface area contributed by atoms with E-state index >= 15 is 0 Å². The molecule has 2 aromatic carbocycles. The fraction of sp³-hybridized carbons (Fsp3) is 0.423. The standard InChI is InChI=1S/C22H24BF2NO2.C4H7Br/c1-21(2)22(3,4)28-23(27-21)15-10-8-14(9-11-15)18-12-13-19(26-18)20-16(24)6-5-7-17(20)25;1-2-3-4-5/h5-11,18H,12-13H2,1-4H3;2-3H,4H2,1H3/b;3-2-. The number of benzene rings is 2. The fourth-order valence-electron chi connectivity index (χ4n) is 3.74. The molecule has 0 spiro atoms. The molecule has 0 amide bonds. The van der Waals surface area contributed by atoms with Crippen molar-refractivity contribution in [3.05, 3.63) is 77.4 Å². The smallest absolute Gasteiger partial charge is 0.399 e. The van der Waals surface area contributed by atoms with Gasteiger partial charge in [-0.25, -0.2) is 8.78 Å². The lowest BCUT2D eigenvalue weighted by atomic mass is 9.78. The average Bonchev–Trinajstić information content (AvgIpc) is 3.31. The minimum absolute atomic E-state index is 0.00108. The molecular formula is C26H31BBrF2NO2. The van der Waals surface area contributed by atoms with Crippen LogP contribution in [0.1, 0.15) is 64.6 Å². The summed E-state index contributed by atoms with van der Waals surface area (Å²) in [5, 5.41) is 0.976. The molecule has 1 fully saturated rings. The van der Waals surface area contributed by atoms with Crippen LogP contribution in [-0.2, 0) is 9.31 Å². The number of hydrogen-bond acceptors (Lipinski definition) is 3. The Morgan fingerprint density at radius 2 is 1.61 bits per heavy atom. The zero-order chi connectivity index (χ0) is 24.2. The Morgan fingerprint density at radius 3 is 2.09 bits per heavy atom. The third kappa shape index (κ3) is 5.82. The first-order valence-electron chi connectivity index (χ1n) is 11.2. The van der Waals surface area contributed by atoms with E-state index in [0.29, 0.717) is 12.1 Å². The van der Waals surface area contributed by atoms with Gasteiger partial charge in [0.2, 0.25) is 0 Å². The SMILES string of the molecule is C/C=C\CBr.CC1(C)OB(c2ccc(C3CCC(c4c(F)cccc4F)=N3)cc2)OC1(C)C. The van der Waals surface area contributed by atoms with Crippen LogP contribution in [0.3, 0.4) is 0 Å². The number of allylic oxidation sites excluding steroid dienone is 2. The van der Waals surface area contributed by atoms with E-state index in [9.17, 15) is 8.78 Å². The van der Waals surface area contributed by atoms with Crippen molar-refractivity contribution in [2.45, 2.75) is 64.7 Å². The van der Waals surface area contributed by atoms with Crippen LogP contribution in [0.15, 0.2) is 59.6 Å². The molecule has 2 aromatic rings. The third-order valence-corrected chi connectivity index (χ3v) is 6.76.